The molecule has 1 unspecified atom stereocenters. The van der Waals surface area contributed by atoms with Crippen LogP contribution in [-0.4, -0.2) is 30.6 Å². The Morgan fingerprint density at radius 3 is 2.94 bits per heavy atom. The summed E-state index contributed by atoms with van der Waals surface area (Å²) < 4.78 is 0. The Bertz CT molecular complexity index is 329. The van der Waals surface area contributed by atoms with Crippen molar-refractivity contribution in [1.82, 2.24) is 10.2 Å². The van der Waals surface area contributed by atoms with Crippen LogP contribution in [0.15, 0.2) is 12.1 Å². The summed E-state index contributed by atoms with van der Waals surface area (Å²) in [6.45, 7) is 9.21. The topological polar surface area (TPSA) is 15.3 Å². The summed E-state index contributed by atoms with van der Waals surface area (Å²) in [7, 11) is 0. The number of hydrogen-bond donors (Lipinski definition) is 1. The SMILES string of the molecule is CCCN(Cc1ccc(C)s1)C1CCCNC1. The summed E-state index contributed by atoms with van der Waals surface area (Å²) >= 11 is 1.94. The molecule has 3 heteroatoms. The van der Waals surface area contributed by atoms with E-state index in [1.54, 1.807) is 0 Å². The van der Waals surface area contributed by atoms with Gasteiger partial charge in [-0.25, -0.2) is 0 Å². The Morgan fingerprint density at radius 2 is 2.35 bits per heavy atom. The van der Waals surface area contributed by atoms with Crippen LogP contribution in [0.2, 0.25) is 0 Å². The molecule has 0 radical (unpaired) electrons. The standard InChI is InChI=1S/C14H24N2S/c1-3-9-16(13-5-4-8-15-10-13)11-14-7-6-12(2)17-14/h6-7,13,15H,3-5,8-11H2,1-2H3. The molecule has 0 saturated carbocycles. The van der Waals surface area contributed by atoms with E-state index in [-0.39, 0.29) is 0 Å². The fourth-order valence-electron chi connectivity index (χ4n) is 2.59. The molecule has 1 fully saturated rings. The van der Waals surface area contributed by atoms with Gasteiger partial charge in [-0.15, -0.1) is 11.3 Å². The lowest BCUT2D eigenvalue weighted by Crippen LogP contribution is -2.45. The molecule has 1 aromatic heterocycles. The molecule has 0 amide bonds. The first kappa shape index (κ1) is 13.1. The van der Waals surface area contributed by atoms with Crippen LogP contribution in [0.1, 0.15) is 35.9 Å². The number of piperidine rings is 1. The molecule has 1 saturated heterocycles. The molecule has 0 aliphatic carbocycles. The van der Waals surface area contributed by atoms with Gasteiger partial charge in [0.1, 0.15) is 0 Å². The molecule has 0 spiro atoms. The molecule has 96 valence electrons. The second-order valence-corrected chi connectivity index (χ2v) is 6.36. The molecular formula is C14H24N2S. The lowest BCUT2D eigenvalue weighted by molar-refractivity contribution is 0.159. The van der Waals surface area contributed by atoms with Crippen molar-refractivity contribution in [3.63, 3.8) is 0 Å². The van der Waals surface area contributed by atoms with E-state index in [9.17, 15) is 0 Å². The highest BCUT2D eigenvalue weighted by Gasteiger charge is 2.20. The number of hydrogen-bond acceptors (Lipinski definition) is 3. The van der Waals surface area contributed by atoms with E-state index in [0.29, 0.717) is 0 Å². The molecule has 0 aromatic carbocycles. The fourth-order valence-corrected chi connectivity index (χ4v) is 3.51. The first-order valence-corrected chi connectivity index (χ1v) is 7.61. The molecular weight excluding hydrogens is 228 g/mol. The second-order valence-electron chi connectivity index (χ2n) is 4.98. The predicted molar refractivity (Wildman–Crippen MR) is 75.6 cm³/mol. The average Bonchev–Trinajstić information content (AvgIpc) is 2.75. The van der Waals surface area contributed by atoms with Crippen LogP contribution in [0, 0.1) is 6.92 Å². The Balaban J connectivity index is 1.95. The summed E-state index contributed by atoms with van der Waals surface area (Å²) in [6, 6.07) is 5.27. The number of rotatable bonds is 5. The van der Waals surface area contributed by atoms with Crippen LogP contribution < -0.4 is 5.32 Å². The molecule has 1 aliphatic rings. The van der Waals surface area contributed by atoms with E-state index < -0.39 is 0 Å². The Kier molecular flexibility index (Phi) is 5.01. The van der Waals surface area contributed by atoms with Crippen molar-refractivity contribution < 1.29 is 0 Å². The van der Waals surface area contributed by atoms with Gasteiger partial charge in [0.15, 0.2) is 0 Å². The number of nitrogens with one attached hydrogen (secondary N) is 1. The van der Waals surface area contributed by atoms with Crippen LogP contribution in [0.3, 0.4) is 0 Å². The molecule has 2 rings (SSSR count). The van der Waals surface area contributed by atoms with Gasteiger partial charge in [-0.05, 0) is 51.4 Å². The van der Waals surface area contributed by atoms with Crippen LogP contribution in [0.25, 0.3) is 0 Å². The van der Waals surface area contributed by atoms with Gasteiger partial charge < -0.3 is 5.32 Å². The third-order valence-electron chi connectivity index (χ3n) is 3.45. The van der Waals surface area contributed by atoms with Crippen molar-refractivity contribution in [1.29, 1.82) is 0 Å². The van der Waals surface area contributed by atoms with Crippen LogP contribution >= 0.6 is 11.3 Å². The van der Waals surface area contributed by atoms with Crippen LogP contribution in [0.5, 0.6) is 0 Å². The maximum absolute atomic E-state index is 3.53. The van der Waals surface area contributed by atoms with Crippen LogP contribution in [0.4, 0.5) is 0 Å². The third kappa shape index (κ3) is 3.80. The van der Waals surface area contributed by atoms with Gasteiger partial charge in [-0.2, -0.15) is 0 Å². The number of aryl methyl sites for hydroxylation is 1. The van der Waals surface area contributed by atoms with E-state index in [2.05, 4.69) is 36.2 Å². The normalized spacial score (nSPS) is 21.0. The van der Waals surface area contributed by atoms with E-state index in [4.69, 9.17) is 0 Å². The summed E-state index contributed by atoms with van der Waals surface area (Å²) in [5.74, 6) is 0. The quantitative estimate of drug-likeness (QED) is 0.866. The second kappa shape index (κ2) is 6.53. The summed E-state index contributed by atoms with van der Waals surface area (Å²) in [5, 5.41) is 3.53. The number of thiophene rings is 1. The van der Waals surface area contributed by atoms with Crippen molar-refractivity contribution in [2.75, 3.05) is 19.6 Å². The highest BCUT2D eigenvalue weighted by Crippen LogP contribution is 2.20. The largest absolute Gasteiger partial charge is 0.315 e. The van der Waals surface area contributed by atoms with Gasteiger partial charge in [0, 0.05) is 28.9 Å². The summed E-state index contributed by atoms with van der Waals surface area (Å²) in [6.07, 6.45) is 3.94. The maximum Gasteiger partial charge on any atom is 0.0331 e. The molecule has 0 bridgehead atoms. The zero-order valence-electron chi connectivity index (χ0n) is 11.0. The number of nitrogens with zero attached hydrogens (tertiary/aromatic N) is 1. The highest BCUT2D eigenvalue weighted by atomic mass is 32.1. The Morgan fingerprint density at radius 1 is 1.47 bits per heavy atom. The van der Waals surface area contributed by atoms with Crippen molar-refractivity contribution >= 4 is 11.3 Å². The third-order valence-corrected chi connectivity index (χ3v) is 4.44. The Labute approximate surface area is 109 Å². The minimum Gasteiger partial charge on any atom is -0.315 e. The van der Waals surface area contributed by atoms with Gasteiger partial charge in [0.05, 0.1) is 0 Å². The highest BCUT2D eigenvalue weighted by molar-refractivity contribution is 7.11. The lowest BCUT2D eigenvalue weighted by atomic mass is 10.1. The van der Waals surface area contributed by atoms with Gasteiger partial charge in [0.25, 0.3) is 0 Å². The molecule has 17 heavy (non-hydrogen) atoms. The monoisotopic (exact) mass is 252 g/mol. The maximum atomic E-state index is 3.53. The van der Waals surface area contributed by atoms with Gasteiger partial charge in [-0.1, -0.05) is 6.92 Å². The molecule has 2 heterocycles. The van der Waals surface area contributed by atoms with Crippen LogP contribution in [-0.2, 0) is 6.54 Å². The van der Waals surface area contributed by atoms with E-state index in [0.717, 1.165) is 12.6 Å². The summed E-state index contributed by atoms with van der Waals surface area (Å²) in [5.41, 5.74) is 0. The molecule has 2 nitrogen and oxygen atoms in total. The van der Waals surface area contributed by atoms with Crippen molar-refractivity contribution in [2.45, 2.75) is 45.7 Å². The minimum absolute atomic E-state index is 0.742. The summed E-state index contributed by atoms with van der Waals surface area (Å²) in [4.78, 5) is 5.61. The molecule has 1 aromatic rings. The van der Waals surface area contributed by atoms with Crippen molar-refractivity contribution in [3.05, 3.63) is 21.9 Å². The smallest absolute Gasteiger partial charge is 0.0331 e. The van der Waals surface area contributed by atoms with Crippen molar-refractivity contribution in [2.24, 2.45) is 0 Å². The average molecular weight is 252 g/mol. The zero-order chi connectivity index (χ0) is 12.1. The van der Waals surface area contributed by atoms with E-state index >= 15 is 0 Å². The molecule has 1 N–H and O–H groups in total. The van der Waals surface area contributed by atoms with Gasteiger partial charge >= 0.3 is 0 Å². The van der Waals surface area contributed by atoms with Crippen molar-refractivity contribution in [3.8, 4) is 0 Å². The molecule has 1 atom stereocenters. The first-order chi connectivity index (χ1) is 8.29. The minimum atomic E-state index is 0.742. The van der Waals surface area contributed by atoms with Gasteiger partial charge in [-0.3, -0.25) is 4.90 Å². The fraction of sp³-hybridized carbons (Fsp3) is 0.714. The predicted octanol–water partition coefficient (Wildman–Crippen LogP) is 3.02. The first-order valence-electron chi connectivity index (χ1n) is 6.79. The van der Waals surface area contributed by atoms with E-state index in [1.807, 2.05) is 11.3 Å². The lowest BCUT2D eigenvalue weighted by Gasteiger charge is -2.34. The van der Waals surface area contributed by atoms with Gasteiger partial charge in [0.2, 0.25) is 0 Å². The Hall–Kier alpha value is -0.380. The zero-order valence-corrected chi connectivity index (χ0v) is 11.9. The molecule has 1 aliphatic heterocycles. The van der Waals surface area contributed by atoms with E-state index in [1.165, 1.54) is 48.7 Å².